The highest BCUT2D eigenvalue weighted by Crippen LogP contribution is 2.27. The number of guanidine groups is 1. The van der Waals surface area contributed by atoms with Gasteiger partial charge < -0.3 is 15.1 Å². The highest BCUT2D eigenvalue weighted by atomic mass is 127. The van der Waals surface area contributed by atoms with Crippen molar-refractivity contribution in [3.63, 3.8) is 0 Å². The summed E-state index contributed by atoms with van der Waals surface area (Å²) in [4.78, 5) is 9.42. The van der Waals surface area contributed by atoms with Crippen LogP contribution in [0.1, 0.15) is 31.7 Å². The average molecular weight is 442 g/mol. The number of rotatable bonds is 4. The van der Waals surface area contributed by atoms with Gasteiger partial charge in [-0.25, -0.2) is 0 Å². The van der Waals surface area contributed by atoms with Crippen LogP contribution in [0.5, 0.6) is 0 Å². The molecular formula is C19H31IN4. The number of hydrogen-bond acceptors (Lipinski definition) is 2. The van der Waals surface area contributed by atoms with Gasteiger partial charge in [-0.1, -0.05) is 25.1 Å². The molecule has 2 aliphatic rings. The van der Waals surface area contributed by atoms with Crippen molar-refractivity contribution >= 4 is 35.6 Å². The van der Waals surface area contributed by atoms with Gasteiger partial charge in [0.1, 0.15) is 0 Å². The average Bonchev–Trinajstić information content (AvgIpc) is 2.99. The van der Waals surface area contributed by atoms with Crippen LogP contribution in [0.25, 0.3) is 0 Å². The molecule has 0 aliphatic carbocycles. The maximum atomic E-state index is 4.48. The van der Waals surface area contributed by atoms with Gasteiger partial charge in [0.15, 0.2) is 5.96 Å². The molecule has 2 aliphatic heterocycles. The number of para-hydroxylation sites is 1. The molecule has 1 N–H and O–H groups in total. The number of halogens is 1. The third-order valence-electron chi connectivity index (χ3n) is 5.03. The first-order chi connectivity index (χ1) is 11.3. The van der Waals surface area contributed by atoms with Crippen molar-refractivity contribution < 1.29 is 0 Å². The molecule has 24 heavy (non-hydrogen) atoms. The molecule has 1 fully saturated rings. The lowest BCUT2D eigenvalue weighted by Gasteiger charge is -2.31. The SMILES string of the molecule is CN=C(NCCCN1CCCC(C)C1)N1CCc2ccccc21.I. The van der Waals surface area contributed by atoms with Crippen LogP contribution in [0.3, 0.4) is 0 Å². The van der Waals surface area contributed by atoms with E-state index < -0.39 is 0 Å². The molecule has 0 aromatic heterocycles. The van der Waals surface area contributed by atoms with E-state index in [1.165, 1.54) is 50.1 Å². The predicted molar refractivity (Wildman–Crippen MR) is 114 cm³/mol. The summed E-state index contributed by atoms with van der Waals surface area (Å²) in [6.45, 7) is 8.15. The first-order valence-corrected chi connectivity index (χ1v) is 9.06. The Bertz CT molecular complexity index is 546. The maximum absolute atomic E-state index is 4.48. The summed E-state index contributed by atoms with van der Waals surface area (Å²) in [7, 11) is 1.88. The third-order valence-corrected chi connectivity index (χ3v) is 5.03. The van der Waals surface area contributed by atoms with Crippen molar-refractivity contribution in [1.82, 2.24) is 10.2 Å². The molecule has 0 radical (unpaired) electrons. The van der Waals surface area contributed by atoms with Crippen LogP contribution in [0, 0.1) is 5.92 Å². The van der Waals surface area contributed by atoms with Crippen LogP contribution in [-0.2, 0) is 6.42 Å². The summed E-state index contributed by atoms with van der Waals surface area (Å²) >= 11 is 0. The van der Waals surface area contributed by atoms with E-state index >= 15 is 0 Å². The Hall–Kier alpha value is -0.820. The quantitative estimate of drug-likeness (QED) is 0.336. The molecule has 1 aromatic carbocycles. The normalized spacial score (nSPS) is 21.3. The number of hydrogen-bond donors (Lipinski definition) is 1. The highest BCUT2D eigenvalue weighted by molar-refractivity contribution is 14.0. The third kappa shape index (κ3) is 4.85. The van der Waals surface area contributed by atoms with Gasteiger partial charge in [-0.3, -0.25) is 4.99 Å². The smallest absolute Gasteiger partial charge is 0.198 e. The summed E-state index contributed by atoms with van der Waals surface area (Å²) < 4.78 is 0. The fourth-order valence-electron chi connectivity index (χ4n) is 3.85. The topological polar surface area (TPSA) is 30.9 Å². The van der Waals surface area contributed by atoms with Gasteiger partial charge in [0.05, 0.1) is 0 Å². The molecule has 1 unspecified atom stereocenters. The molecule has 0 spiro atoms. The van der Waals surface area contributed by atoms with Gasteiger partial charge in [-0.05, 0) is 56.3 Å². The summed E-state index contributed by atoms with van der Waals surface area (Å²) in [6.07, 6.45) is 5.06. The van der Waals surface area contributed by atoms with Gasteiger partial charge in [0.2, 0.25) is 0 Å². The molecule has 3 rings (SSSR count). The van der Waals surface area contributed by atoms with E-state index in [0.717, 1.165) is 31.4 Å². The van der Waals surface area contributed by atoms with Crippen LogP contribution in [0.4, 0.5) is 5.69 Å². The molecule has 1 aromatic rings. The molecule has 5 heteroatoms. The van der Waals surface area contributed by atoms with Crippen LogP contribution < -0.4 is 10.2 Å². The molecule has 1 atom stereocenters. The molecule has 4 nitrogen and oxygen atoms in total. The van der Waals surface area contributed by atoms with E-state index in [-0.39, 0.29) is 24.0 Å². The predicted octanol–water partition coefficient (Wildman–Crippen LogP) is 3.36. The van der Waals surface area contributed by atoms with Crippen molar-refractivity contribution in [2.24, 2.45) is 10.9 Å². The Morgan fingerprint density at radius 1 is 1.29 bits per heavy atom. The first kappa shape index (κ1) is 19.5. The van der Waals surface area contributed by atoms with Gasteiger partial charge in [0, 0.05) is 32.4 Å². The lowest BCUT2D eigenvalue weighted by atomic mass is 10.0. The van der Waals surface area contributed by atoms with Crippen molar-refractivity contribution in [2.75, 3.05) is 44.7 Å². The number of anilines is 1. The summed E-state index contributed by atoms with van der Waals surface area (Å²) in [5.74, 6) is 1.88. The molecule has 0 amide bonds. The number of fused-ring (bicyclic) bond motifs is 1. The Morgan fingerprint density at radius 2 is 2.12 bits per heavy atom. The lowest BCUT2D eigenvalue weighted by molar-refractivity contribution is 0.182. The van der Waals surface area contributed by atoms with Crippen molar-refractivity contribution in [3.8, 4) is 0 Å². The van der Waals surface area contributed by atoms with E-state index in [4.69, 9.17) is 0 Å². The molecule has 0 saturated carbocycles. The summed E-state index contributed by atoms with van der Waals surface area (Å²) in [5.41, 5.74) is 2.74. The number of nitrogens with zero attached hydrogens (tertiary/aromatic N) is 3. The van der Waals surface area contributed by atoms with E-state index in [0.29, 0.717) is 0 Å². The van der Waals surface area contributed by atoms with E-state index in [1.807, 2.05) is 7.05 Å². The minimum Gasteiger partial charge on any atom is -0.356 e. The molecule has 2 heterocycles. The number of nitrogens with one attached hydrogen (secondary N) is 1. The maximum Gasteiger partial charge on any atom is 0.198 e. The second-order valence-corrected chi connectivity index (χ2v) is 6.91. The molecule has 1 saturated heterocycles. The van der Waals surface area contributed by atoms with Gasteiger partial charge in [-0.15, -0.1) is 24.0 Å². The van der Waals surface area contributed by atoms with Gasteiger partial charge in [-0.2, -0.15) is 0 Å². The molecule has 134 valence electrons. The van der Waals surface area contributed by atoms with Crippen LogP contribution in [0.15, 0.2) is 29.3 Å². The van der Waals surface area contributed by atoms with Gasteiger partial charge >= 0.3 is 0 Å². The zero-order chi connectivity index (χ0) is 16.1. The summed E-state index contributed by atoms with van der Waals surface area (Å²) in [5, 5.41) is 3.55. The fourth-order valence-corrected chi connectivity index (χ4v) is 3.85. The lowest BCUT2D eigenvalue weighted by Crippen LogP contribution is -2.42. The van der Waals surface area contributed by atoms with E-state index in [9.17, 15) is 0 Å². The van der Waals surface area contributed by atoms with Crippen LogP contribution >= 0.6 is 24.0 Å². The summed E-state index contributed by atoms with van der Waals surface area (Å²) in [6, 6.07) is 8.66. The second kappa shape index (κ2) is 9.61. The largest absolute Gasteiger partial charge is 0.356 e. The first-order valence-electron chi connectivity index (χ1n) is 9.06. The van der Waals surface area contributed by atoms with Crippen LogP contribution in [0.2, 0.25) is 0 Å². The van der Waals surface area contributed by atoms with E-state index in [1.54, 1.807) is 0 Å². The Morgan fingerprint density at radius 3 is 2.92 bits per heavy atom. The van der Waals surface area contributed by atoms with E-state index in [2.05, 4.69) is 51.3 Å². The molecule has 0 bridgehead atoms. The zero-order valence-electron chi connectivity index (χ0n) is 15.0. The van der Waals surface area contributed by atoms with Crippen molar-refractivity contribution in [2.45, 2.75) is 32.6 Å². The number of piperidine rings is 1. The fraction of sp³-hybridized carbons (Fsp3) is 0.632. The number of benzene rings is 1. The standard InChI is InChI=1S/C19H30N4.HI/c1-16-7-5-12-22(15-16)13-6-11-21-19(20-2)23-14-10-17-8-3-4-9-18(17)23;/h3-4,8-9,16H,5-7,10-15H2,1-2H3,(H,20,21);1H. The Labute approximate surface area is 163 Å². The van der Waals surface area contributed by atoms with Crippen molar-refractivity contribution in [3.05, 3.63) is 29.8 Å². The second-order valence-electron chi connectivity index (χ2n) is 6.91. The Balaban J connectivity index is 0.00000208. The highest BCUT2D eigenvalue weighted by Gasteiger charge is 2.22. The number of aliphatic imine (C=N–C) groups is 1. The zero-order valence-corrected chi connectivity index (χ0v) is 17.3. The molecular weight excluding hydrogens is 411 g/mol. The monoisotopic (exact) mass is 442 g/mol. The minimum absolute atomic E-state index is 0. The minimum atomic E-state index is 0. The van der Waals surface area contributed by atoms with Crippen LogP contribution in [-0.4, -0.2) is 50.6 Å². The van der Waals surface area contributed by atoms with Gasteiger partial charge in [0.25, 0.3) is 0 Å². The number of likely N-dealkylation sites (tertiary alicyclic amines) is 1. The Kier molecular flexibility index (Phi) is 7.81. The van der Waals surface area contributed by atoms with Crippen molar-refractivity contribution in [1.29, 1.82) is 0 Å².